The monoisotopic (exact) mass is 277 g/mol. The topological polar surface area (TPSA) is 20.3 Å². The Morgan fingerprint density at radius 1 is 1.25 bits per heavy atom. The molecule has 0 aromatic heterocycles. The number of benzene rings is 1. The number of halogens is 1. The van der Waals surface area contributed by atoms with Gasteiger partial charge in [-0.2, -0.15) is 0 Å². The van der Waals surface area contributed by atoms with Crippen molar-refractivity contribution in [3.05, 3.63) is 29.6 Å². The molecule has 1 aliphatic heterocycles. The molecule has 1 fully saturated rings. The van der Waals surface area contributed by atoms with Gasteiger partial charge in [-0.05, 0) is 49.3 Å². The van der Waals surface area contributed by atoms with Gasteiger partial charge >= 0.3 is 0 Å². The third-order valence-corrected chi connectivity index (χ3v) is 4.40. The molecule has 0 aliphatic carbocycles. The summed E-state index contributed by atoms with van der Waals surface area (Å²) in [4.78, 5) is 13.9. The van der Waals surface area contributed by atoms with Crippen LogP contribution in [0.15, 0.2) is 18.2 Å². The number of hydrogen-bond donors (Lipinski definition) is 0. The van der Waals surface area contributed by atoms with Crippen LogP contribution in [0.4, 0.5) is 10.1 Å². The van der Waals surface area contributed by atoms with Gasteiger partial charge in [0, 0.05) is 24.3 Å². The Kier molecular flexibility index (Phi) is 4.17. The fourth-order valence-electron chi connectivity index (χ4n) is 3.05. The average Bonchev–Trinajstić information content (AvgIpc) is 2.37. The highest BCUT2D eigenvalue weighted by Crippen LogP contribution is 2.36. The predicted molar refractivity (Wildman–Crippen MR) is 80.8 cm³/mol. The van der Waals surface area contributed by atoms with E-state index in [-0.39, 0.29) is 11.6 Å². The minimum Gasteiger partial charge on any atom is -0.371 e. The predicted octanol–water partition coefficient (Wildman–Crippen LogP) is 4.29. The van der Waals surface area contributed by atoms with Gasteiger partial charge < -0.3 is 4.90 Å². The lowest BCUT2D eigenvalue weighted by atomic mass is 9.75. The highest BCUT2D eigenvalue weighted by molar-refractivity contribution is 5.99. The largest absolute Gasteiger partial charge is 0.371 e. The first-order chi connectivity index (χ1) is 9.29. The van der Waals surface area contributed by atoms with Crippen molar-refractivity contribution in [1.82, 2.24) is 0 Å². The number of nitrogens with zero attached hydrogens (tertiary/aromatic N) is 1. The summed E-state index contributed by atoms with van der Waals surface area (Å²) in [5, 5.41) is 0. The van der Waals surface area contributed by atoms with Gasteiger partial charge in [0.2, 0.25) is 0 Å². The van der Waals surface area contributed by atoms with Gasteiger partial charge in [-0.3, -0.25) is 4.79 Å². The van der Waals surface area contributed by atoms with Crippen LogP contribution in [0.5, 0.6) is 0 Å². The molecule has 1 saturated heterocycles. The molecule has 0 saturated carbocycles. The number of ketones is 1. The highest BCUT2D eigenvalue weighted by Gasteiger charge is 2.29. The molecule has 1 aromatic rings. The first kappa shape index (κ1) is 15.0. The third kappa shape index (κ3) is 3.20. The number of rotatable bonds is 2. The van der Waals surface area contributed by atoms with Crippen molar-refractivity contribution in [2.75, 3.05) is 18.0 Å². The molecule has 1 aliphatic rings. The van der Waals surface area contributed by atoms with Gasteiger partial charge in [-0.25, -0.2) is 4.39 Å². The summed E-state index contributed by atoms with van der Waals surface area (Å²) in [5.74, 6) is 0.293. The summed E-state index contributed by atoms with van der Waals surface area (Å²) in [5.41, 5.74) is 1.71. The number of carbonyl (C=O) groups excluding carboxylic acids is 1. The van der Waals surface area contributed by atoms with E-state index in [1.54, 1.807) is 6.07 Å². The summed E-state index contributed by atoms with van der Waals surface area (Å²) in [6.45, 7) is 10.2. The molecule has 0 radical (unpaired) electrons. The number of piperidine rings is 1. The molecule has 0 atom stereocenters. The minimum atomic E-state index is -0.344. The Bertz CT molecular complexity index is 496. The Balaban J connectivity index is 2.17. The lowest BCUT2D eigenvalue weighted by Crippen LogP contribution is -2.38. The zero-order chi connectivity index (χ0) is 14.9. The van der Waals surface area contributed by atoms with E-state index in [2.05, 4.69) is 25.7 Å². The molecular weight excluding hydrogens is 253 g/mol. The molecule has 0 bridgehead atoms. The molecule has 110 valence electrons. The van der Waals surface area contributed by atoms with Crippen LogP contribution in [-0.4, -0.2) is 18.9 Å². The van der Waals surface area contributed by atoms with Crippen LogP contribution in [0.25, 0.3) is 0 Å². The smallest absolute Gasteiger partial charge is 0.161 e. The normalized spacial score (nSPS) is 17.4. The average molecular weight is 277 g/mol. The first-order valence-corrected chi connectivity index (χ1v) is 7.34. The SMILES string of the molecule is CC(=O)c1cc(F)ccc1N1CCC(C(C)(C)C)CC1. The fraction of sp³-hybridized carbons (Fsp3) is 0.588. The van der Waals surface area contributed by atoms with E-state index >= 15 is 0 Å². The van der Waals surface area contributed by atoms with Crippen LogP contribution < -0.4 is 4.90 Å². The second-order valence-electron chi connectivity index (χ2n) is 6.85. The van der Waals surface area contributed by atoms with Crippen molar-refractivity contribution < 1.29 is 9.18 Å². The van der Waals surface area contributed by atoms with Crippen molar-refractivity contribution in [2.45, 2.75) is 40.5 Å². The van der Waals surface area contributed by atoms with Crippen molar-refractivity contribution >= 4 is 11.5 Å². The molecular formula is C17H24FNO. The van der Waals surface area contributed by atoms with E-state index in [1.807, 2.05) is 0 Å². The van der Waals surface area contributed by atoms with E-state index in [9.17, 15) is 9.18 Å². The molecule has 1 aromatic carbocycles. The van der Waals surface area contributed by atoms with E-state index in [0.717, 1.165) is 31.6 Å². The summed E-state index contributed by atoms with van der Waals surface area (Å²) in [7, 11) is 0. The molecule has 20 heavy (non-hydrogen) atoms. The molecule has 1 heterocycles. The summed E-state index contributed by atoms with van der Waals surface area (Å²) in [6, 6.07) is 4.54. The summed E-state index contributed by atoms with van der Waals surface area (Å²) in [6.07, 6.45) is 2.25. The number of hydrogen-bond acceptors (Lipinski definition) is 2. The van der Waals surface area contributed by atoms with Crippen LogP contribution in [0.3, 0.4) is 0 Å². The van der Waals surface area contributed by atoms with Crippen molar-refractivity contribution in [2.24, 2.45) is 11.3 Å². The Morgan fingerprint density at radius 3 is 2.35 bits per heavy atom. The highest BCUT2D eigenvalue weighted by atomic mass is 19.1. The van der Waals surface area contributed by atoms with Gasteiger partial charge in [0.1, 0.15) is 5.82 Å². The molecule has 0 amide bonds. The molecule has 2 nitrogen and oxygen atoms in total. The van der Waals surface area contributed by atoms with Crippen LogP contribution >= 0.6 is 0 Å². The van der Waals surface area contributed by atoms with Gasteiger partial charge in [-0.1, -0.05) is 20.8 Å². The molecule has 0 spiro atoms. The fourth-order valence-corrected chi connectivity index (χ4v) is 3.05. The number of carbonyl (C=O) groups is 1. The van der Waals surface area contributed by atoms with Gasteiger partial charge in [-0.15, -0.1) is 0 Å². The van der Waals surface area contributed by atoms with Crippen molar-refractivity contribution in [1.29, 1.82) is 0 Å². The van der Waals surface area contributed by atoms with Crippen molar-refractivity contribution in [3.8, 4) is 0 Å². The van der Waals surface area contributed by atoms with Crippen LogP contribution in [0.2, 0.25) is 0 Å². The zero-order valence-corrected chi connectivity index (χ0v) is 12.9. The Labute approximate surface area is 121 Å². The zero-order valence-electron chi connectivity index (χ0n) is 12.9. The Morgan fingerprint density at radius 2 is 1.85 bits per heavy atom. The Hall–Kier alpha value is -1.38. The van der Waals surface area contributed by atoms with E-state index in [4.69, 9.17) is 0 Å². The first-order valence-electron chi connectivity index (χ1n) is 7.34. The lowest BCUT2D eigenvalue weighted by molar-refractivity contribution is 0.101. The number of anilines is 1. The van der Waals surface area contributed by atoms with E-state index < -0.39 is 0 Å². The molecule has 0 N–H and O–H groups in total. The maximum absolute atomic E-state index is 13.3. The quantitative estimate of drug-likeness (QED) is 0.752. The summed E-state index contributed by atoms with van der Waals surface area (Å²) >= 11 is 0. The molecule has 2 rings (SSSR count). The molecule has 3 heteroatoms. The van der Waals surface area contributed by atoms with Gasteiger partial charge in [0.15, 0.2) is 5.78 Å². The van der Waals surface area contributed by atoms with Gasteiger partial charge in [0.05, 0.1) is 0 Å². The maximum Gasteiger partial charge on any atom is 0.161 e. The van der Waals surface area contributed by atoms with Crippen LogP contribution in [-0.2, 0) is 0 Å². The maximum atomic E-state index is 13.3. The second-order valence-corrected chi connectivity index (χ2v) is 6.85. The summed E-state index contributed by atoms with van der Waals surface area (Å²) < 4.78 is 13.3. The van der Waals surface area contributed by atoms with Crippen LogP contribution in [0, 0.1) is 17.2 Å². The van der Waals surface area contributed by atoms with E-state index in [0.29, 0.717) is 16.9 Å². The van der Waals surface area contributed by atoms with Crippen molar-refractivity contribution in [3.63, 3.8) is 0 Å². The number of Topliss-reactive ketones (excluding diaryl/α,β-unsaturated/α-hetero) is 1. The van der Waals surface area contributed by atoms with Gasteiger partial charge in [0.25, 0.3) is 0 Å². The standard InChI is InChI=1S/C17H24FNO/c1-12(20)15-11-14(18)5-6-16(15)19-9-7-13(8-10-19)17(2,3)4/h5-6,11,13H,7-10H2,1-4H3. The van der Waals surface area contributed by atoms with E-state index in [1.165, 1.54) is 19.1 Å². The second kappa shape index (κ2) is 5.55. The van der Waals surface area contributed by atoms with Crippen LogP contribution in [0.1, 0.15) is 50.9 Å². The minimum absolute atomic E-state index is 0.0718. The lowest BCUT2D eigenvalue weighted by Gasteiger charge is -2.40. The third-order valence-electron chi connectivity index (χ3n) is 4.40. The molecule has 0 unspecified atom stereocenters.